The van der Waals surface area contributed by atoms with Crippen LogP contribution in [0.5, 0.6) is 0 Å². The average molecular weight is 209 g/mol. The van der Waals surface area contributed by atoms with Crippen molar-refractivity contribution in [3.05, 3.63) is 24.2 Å². The Labute approximate surface area is 84.5 Å². The second-order valence-electron chi connectivity index (χ2n) is 2.57. The van der Waals surface area contributed by atoms with Gasteiger partial charge in [-0.1, -0.05) is 0 Å². The number of nitrogens with zero attached hydrogens (tertiary/aromatic N) is 1. The molecule has 1 heterocycles. The van der Waals surface area contributed by atoms with E-state index in [1.165, 1.54) is 25.3 Å². The number of aliphatic imine (C=N–C) groups is 1. The van der Waals surface area contributed by atoms with Crippen molar-refractivity contribution in [2.45, 2.75) is 13.0 Å². The van der Waals surface area contributed by atoms with E-state index in [1.54, 1.807) is 0 Å². The number of furan rings is 1. The Morgan fingerprint density at radius 1 is 1.60 bits per heavy atom. The van der Waals surface area contributed by atoms with E-state index in [0.717, 1.165) is 6.08 Å². The summed E-state index contributed by atoms with van der Waals surface area (Å²) in [4.78, 5) is 34.7. The molecule has 15 heavy (non-hydrogen) atoms. The lowest BCUT2D eigenvalue weighted by Crippen LogP contribution is -2.22. The Morgan fingerprint density at radius 3 is 2.87 bits per heavy atom. The Morgan fingerprint density at radius 2 is 2.33 bits per heavy atom. The summed E-state index contributed by atoms with van der Waals surface area (Å²) in [5.74, 6) is -1.68. The standard InChI is InChI=1S/C9H7NO5/c1-6(8(12)10-5-11)15-9(13)7-3-2-4-14-7/h2-4,6H,1H3. The van der Waals surface area contributed by atoms with Crippen LogP contribution in [0.1, 0.15) is 17.5 Å². The highest BCUT2D eigenvalue weighted by molar-refractivity contribution is 5.91. The van der Waals surface area contributed by atoms with Gasteiger partial charge in [-0.05, 0) is 19.1 Å². The van der Waals surface area contributed by atoms with Crippen LogP contribution in [0.4, 0.5) is 0 Å². The lowest BCUT2D eigenvalue weighted by Gasteiger charge is -2.06. The minimum atomic E-state index is -1.14. The van der Waals surface area contributed by atoms with Gasteiger partial charge in [0.1, 0.15) is 0 Å². The first kappa shape index (κ1) is 10.9. The zero-order valence-electron chi connectivity index (χ0n) is 7.80. The molecule has 0 fully saturated rings. The number of amides is 1. The van der Waals surface area contributed by atoms with E-state index in [0.29, 0.717) is 0 Å². The number of isocyanates is 1. The zero-order valence-corrected chi connectivity index (χ0v) is 7.80. The maximum absolute atomic E-state index is 11.2. The van der Waals surface area contributed by atoms with E-state index >= 15 is 0 Å². The molecule has 0 aliphatic carbocycles. The highest BCUT2D eigenvalue weighted by atomic mass is 16.6. The van der Waals surface area contributed by atoms with Gasteiger partial charge in [-0.2, -0.15) is 0 Å². The fourth-order valence-electron chi connectivity index (χ4n) is 0.800. The van der Waals surface area contributed by atoms with Gasteiger partial charge in [0, 0.05) is 0 Å². The van der Waals surface area contributed by atoms with Crippen LogP contribution in [0.2, 0.25) is 0 Å². The molecular weight excluding hydrogens is 202 g/mol. The molecule has 0 aliphatic rings. The fourth-order valence-corrected chi connectivity index (χ4v) is 0.800. The summed E-state index contributed by atoms with van der Waals surface area (Å²) in [6.07, 6.45) is 1.23. The zero-order chi connectivity index (χ0) is 11.3. The Bertz CT molecular complexity index is 402. The van der Waals surface area contributed by atoms with E-state index in [4.69, 9.17) is 4.42 Å². The van der Waals surface area contributed by atoms with Crippen LogP contribution in [-0.4, -0.2) is 24.1 Å². The van der Waals surface area contributed by atoms with Gasteiger partial charge < -0.3 is 9.15 Å². The third-order valence-corrected chi connectivity index (χ3v) is 1.51. The molecule has 0 radical (unpaired) electrons. The molecule has 78 valence electrons. The summed E-state index contributed by atoms with van der Waals surface area (Å²) in [6.45, 7) is 1.30. The molecule has 0 aliphatic heterocycles. The molecule has 0 bridgehead atoms. The van der Waals surface area contributed by atoms with Crippen molar-refractivity contribution in [1.29, 1.82) is 0 Å². The molecule has 0 saturated carbocycles. The van der Waals surface area contributed by atoms with Gasteiger partial charge in [0.05, 0.1) is 6.26 Å². The van der Waals surface area contributed by atoms with Gasteiger partial charge >= 0.3 is 5.97 Å². The van der Waals surface area contributed by atoms with Crippen LogP contribution in [-0.2, 0) is 14.3 Å². The molecule has 1 rings (SSSR count). The summed E-state index contributed by atoms with van der Waals surface area (Å²) < 4.78 is 9.40. The van der Waals surface area contributed by atoms with E-state index in [-0.39, 0.29) is 5.76 Å². The number of carbonyl (C=O) groups is 2. The highest BCUT2D eigenvalue weighted by Crippen LogP contribution is 2.05. The summed E-state index contributed by atoms with van der Waals surface area (Å²) in [5, 5.41) is 0. The maximum atomic E-state index is 11.2. The first-order chi connectivity index (χ1) is 7.15. The molecule has 1 amide bonds. The second kappa shape index (κ2) is 4.88. The lowest BCUT2D eigenvalue weighted by atomic mass is 10.4. The van der Waals surface area contributed by atoms with Crippen LogP contribution >= 0.6 is 0 Å². The number of ether oxygens (including phenoxy) is 1. The Hall–Kier alpha value is -2.20. The monoisotopic (exact) mass is 209 g/mol. The van der Waals surface area contributed by atoms with Crippen molar-refractivity contribution < 1.29 is 23.5 Å². The van der Waals surface area contributed by atoms with Crippen LogP contribution in [0.25, 0.3) is 0 Å². The Kier molecular flexibility index (Phi) is 3.54. The summed E-state index contributed by atoms with van der Waals surface area (Å²) >= 11 is 0. The molecule has 0 N–H and O–H groups in total. The van der Waals surface area contributed by atoms with E-state index < -0.39 is 18.0 Å². The molecule has 1 unspecified atom stereocenters. The molecule has 6 heteroatoms. The van der Waals surface area contributed by atoms with Crippen LogP contribution in [0.15, 0.2) is 27.8 Å². The van der Waals surface area contributed by atoms with Gasteiger partial charge in [-0.3, -0.25) is 4.79 Å². The van der Waals surface area contributed by atoms with Gasteiger partial charge in [-0.25, -0.2) is 9.59 Å². The topological polar surface area (TPSA) is 85.9 Å². The normalized spacial score (nSPS) is 11.3. The van der Waals surface area contributed by atoms with Crippen LogP contribution in [0, 0.1) is 0 Å². The number of hydrogen-bond donors (Lipinski definition) is 0. The fraction of sp³-hybridized carbons (Fsp3) is 0.222. The molecular formula is C9H7NO5. The number of rotatable bonds is 3. The summed E-state index contributed by atoms with van der Waals surface area (Å²) in [6, 6.07) is 2.90. The average Bonchev–Trinajstić information content (AvgIpc) is 2.70. The molecule has 1 aromatic rings. The van der Waals surface area contributed by atoms with Crippen molar-refractivity contribution in [2.24, 2.45) is 4.99 Å². The van der Waals surface area contributed by atoms with Gasteiger partial charge in [-0.15, -0.1) is 4.99 Å². The van der Waals surface area contributed by atoms with Gasteiger partial charge in [0.2, 0.25) is 11.8 Å². The van der Waals surface area contributed by atoms with Crippen molar-refractivity contribution in [3.63, 3.8) is 0 Å². The van der Waals surface area contributed by atoms with Gasteiger partial charge in [0.15, 0.2) is 6.10 Å². The largest absolute Gasteiger partial charge is 0.457 e. The molecule has 1 aromatic heterocycles. The highest BCUT2D eigenvalue weighted by Gasteiger charge is 2.19. The minimum absolute atomic E-state index is 0.0234. The molecule has 6 nitrogen and oxygen atoms in total. The summed E-state index contributed by atoms with van der Waals surface area (Å²) in [5.41, 5.74) is 0. The Balaban J connectivity index is 2.59. The first-order valence-corrected chi connectivity index (χ1v) is 4.01. The number of esters is 1. The summed E-state index contributed by atoms with van der Waals surface area (Å²) in [7, 11) is 0. The van der Waals surface area contributed by atoms with E-state index in [1.807, 2.05) is 0 Å². The predicted octanol–water partition coefficient (Wildman–Crippen LogP) is 0.687. The predicted molar refractivity (Wildman–Crippen MR) is 46.7 cm³/mol. The lowest BCUT2D eigenvalue weighted by molar-refractivity contribution is -0.125. The van der Waals surface area contributed by atoms with E-state index in [9.17, 15) is 14.4 Å². The van der Waals surface area contributed by atoms with Crippen molar-refractivity contribution in [1.82, 2.24) is 0 Å². The third kappa shape index (κ3) is 2.89. The number of hydrogen-bond acceptors (Lipinski definition) is 5. The first-order valence-electron chi connectivity index (χ1n) is 4.01. The quantitative estimate of drug-likeness (QED) is 0.415. The van der Waals surface area contributed by atoms with E-state index in [2.05, 4.69) is 9.73 Å². The molecule has 0 spiro atoms. The third-order valence-electron chi connectivity index (χ3n) is 1.51. The minimum Gasteiger partial charge on any atom is -0.457 e. The van der Waals surface area contributed by atoms with Crippen molar-refractivity contribution in [2.75, 3.05) is 0 Å². The molecule has 0 saturated heterocycles. The van der Waals surface area contributed by atoms with Gasteiger partial charge in [0.25, 0.3) is 5.91 Å². The SMILES string of the molecule is CC(OC(=O)c1ccco1)C(=O)N=C=O. The van der Waals surface area contributed by atoms with Crippen molar-refractivity contribution in [3.8, 4) is 0 Å². The molecule has 0 aromatic carbocycles. The molecule has 1 atom stereocenters. The van der Waals surface area contributed by atoms with Crippen LogP contribution < -0.4 is 0 Å². The van der Waals surface area contributed by atoms with Crippen molar-refractivity contribution >= 4 is 18.0 Å². The number of carbonyl (C=O) groups excluding carboxylic acids is 3. The maximum Gasteiger partial charge on any atom is 0.374 e. The second-order valence-corrected chi connectivity index (χ2v) is 2.57. The smallest absolute Gasteiger partial charge is 0.374 e. The van der Waals surface area contributed by atoms with Crippen LogP contribution in [0.3, 0.4) is 0 Å².